The smallest absolute Gasteiger partial charge is 0.320 e. The third-order valence-corrected chi connectivity index (χ3v) is 2.51. The molecule has 1 rings (SSSR count). The minimum absolute atomic E-state index is 0.187. The van der Waals surface area contributed by atoms with Gasteiger partial charge in [0.15, 0.2) is 0 Å². The summed E-state index contributed by atoms with van der Waals surface area (Å²) >= 11 is 0. The van der Waals surface area contributed by atoms with E-state index in [9.17, 15) is 9.59 Å². The van der Waals surface area contributed by atoms with Crippen LogP contribution < -0.4 is 0 Å². The lowest BCUT2D eigenvalue weighted by atomic mass is 9.93. The zero-order valence-electron chi connectivity index (χ0n) is 10.7. The number of ketones is 1. The zero-order valence-corrected chi connectivity index (χ0v) is 10.7. The van der Waals surface area contributed by atoms with E-state index in [1.807, 2.05) is 32.0 Å². The summed E-state index contributed by atoms with van der Waals surface area (Å²) in [6, 6.07) is 5.72. The number of ether oxygens (including phenoxy) is 1. The van der Waals surface area contributed by atoms with Crippen molar-refractivity contribution in [3.8, 4) is 0 Å². The van der Waals surface area contributed by atoms with Crippen molar-refractivity contribution in [1.82, 2.24) is 0 Å². The topological polar surface area (TPSA) is 43.4 Å². The Morgan fingerprint density at radius 1 is 1.18 bits per heavy atom. The summed E-state index contributed by atoms with van der Waals surface area (Å²) in [5, 5.41) is 0. The third kappa shape index (κ3) is 3.41. The molecule has 3 nitrogen and oxygen atoms in total. The van der Waals surface area contributed by atoms with Gasteiger partial charge >= 0.3 is 5.97 Å². The Morgan fingerprint density at radius 2 is 1.71 bits per heavy atom. The van der Waals surface area contributed by atoms with E-state index >= 15 is 0 Å². The molecule has 92 valence electrons. The van der Waals surface area contributed by atoms with E-state index in [0.717, 1.165) is 11.1 Å². The predicted molar refractivity (Wildman–Crippen MR) is 66.0 cm³/mol. The molecule has 1 aromatic carbocycles. The normalized spacial score (nSPS) is 12.0. The minimum Gasteiger partial charge on any atom is -0.465 e. The first kappa shape index (κ1) is 13.4. The van der Waals surface area contributed by atoms with E-state index < -0.39 is 11.9 Å². The Labute approximate surface area is 102 Å². The minimum atomic E-state index is -0.798. The van der Waals surface area contributed by atoms with Gasteiger partial charge in [-0.05, 0) is 33.3 Å². The van der Waals surface area contributed by atoms with Gasteiger partial charge in [-0.1, -0.05) is 29.3 Å². The van der Waals surface area contributed by atoms with Gasteiger partial charge in [0.25, 0.3) is 0 Å². The maximum atomic E-state index is 11.8. The molecule has 17 heavy (non-hydrogen) atoms. The Bertz CT molecular complexity index is 415. The van der Waals surface area contributed by atoms with Gasteiger partial charge < -0.3 is 4.74 Å². The number of benzene rings is 1. The van der Waals surface area contributed by atoms with Gasteiger partial charge in [-0.3, -0.25) is 9.59 Å². The average Bonchev–Trinajstić information content (AvgIpc) is 2.15. The molecule has 0 saturated carbocycles. The summed E-state index contributed by atoms with van der Waals surface area (Å²) in [5.41, 5.74) is 2.79. The Kier molecular flexibility index (Phi) is 4.44. The van der Waals surface area contributed by atoms with Crippen LogP contribution in [0.3, 0.4) is 0 Å². The van der Waals surface area contributed by atoms with Crippen molar-refractivity contribution < 1.29 is 14.3 Å². The lowest BCUT2D eigenvalue weighted by molar-refractivity contribution is -0.147. The van der Waals surface area contributed by atoms with Crippen molar-refractivity contribution in [2.24, 2.45) is 0 Å². The summed E-state index contributed by atoms with van der Waals surface area (Å²) in [7, 11) is 0. The van der Waals surface area contributed by atoms with Gasteiger partial charge in [-0.15, -0.1) is 0 Å². The fraction of sp³-hybridized carbons (Fsp3) is 0.429. The standard InChI is InChI=1S/C14H18O3/c1-5-17-14(16)13(11(4)15)12-7-9(2)6-10(3)8-12/h6-8,13H,5H2,1-4H3. The molecule has 3 heteroatoms. The largest absolute Gasteiger partial charge is 0.465 e. The van der Waals surface area contributed by atoms with Crippen LogP contribution in [0.4, 0.5) is 0 Å². The fourth-order valence-corrected chi connectivity index (χ4v) is 1.94. The van der Waals surface area contributed by atoms with E-state index in [4.69, 9.17) is 4.74 Å². The molecule has 0 saturated heterocycles. The highest BCUT2D eigenvalue weighted by molar-refractivity contribution is 6.03. The predicted octanol–water partition coefficient (Wildman–Crippen LogP) is 2.54. The first-order valence-corrected chi connectivity index (χ1v) is 5.71. The van der Waals surface area contributed by atoms with Crippen molar-refractivity contribution in [2.75, 3.05) is 6.61 Å². The lowest BCUT2D eigenvalue weighted by Gasteiger charge is -2.14. The number of carbonyl (C=O) groups is 2. The quantitative estimate of drug-likeness (QED) is 0.594. The monoisotopic (exact) mass is 234 g/mol. The van der Waals surface area contributed by atoms with E-state index in [1.54, 1.807) is 6.92 Å². The van der Waals surface area contributed by atoms with Gasteiger partial charge in [0.2, 0.25) is 0 Å². The molecule has 0 N–H and O–H groups in total. The molecule has 0 bridgehead atoms. The third-order valence-electron chi connectivity index (χ3n) is 2.51. The van der Waals surface area contributed by atoms with Gasteiger partial charge in [-0.2, -0.15) is 0 Å². The highest BCUT2D eigenvalue weighted by Gasteiger charge is 2.26. The van der Waals surface area contributed by atoms with E-state index in [0.29, 0.717) is 5.56 Å². The van der Waals surface area contributed by atoms with Crippen LogP contribution in [0.5, 0.6) is 0 Å². The number of rotatable bonds is 4. The first-order chi connectivity index (χ1) is 7.95. The summed E-state index contributed by atoms with van der Waals surface area (Å²) in [4.78, 5) is 23.3. The zero-order chi connectivity index (χ0) is 13.0. The maximum Gasteiger partial charge on any atom is 0.320 e. The summed E-state index contributed by atoms with van der Waals surface area (Å²) in [6.45, 7) is 7.32. The maximum absolute atomic E-state index is 11.8. The molecule has 1 unspecified atom stereocenters. The summed E-state index contributed by atoms with van der Waals surface area (Å²) in [5.74, 6) is -1.45. The second-order valence-corrected chi connectivity index (χ2v) is 4.22. The molecule has 1 atom stereocenters. The number of carbonyl (C=O) groups excluding carboxylic acids is 2. The van der Waals surface area contributed by atoms with Crippen molar-refractivity contribution in [3.05, 3.63) is 34.9 Å². The summed E-state index contributed by atoms with van der Waals surface area (Å²) in [6.07, 6.45) is 0. The van der Waals surface area contributed by atoms with Crippen LogP contribution in [0.15, 0.2) is 18.2 Å². The molecular weight excluding hydrogens is 216 g/mol. The van der Waals surface area contributed by atoms with E-state index in [-0.39, 0.29) is 12.4 Å². The molecule has 0 spiro atoms. The number of hydrogen-bond acceptors (Lipinski definition) is 3. The molecule has 0 radical (unpaired) electrons. The molecule has 0 amide bonds. The van der Waals surface area contributed by atoms with E-state index in [1.165, 1.54) is 6.92 Å². The van der Waals surface area contributed by atoms with Crippen LogP contribution in [0, 0.1) is 13.8 Å². The van der Waals surface area contributed by atoms with E-state index in [2.05, 4.69) is 0 Å². The molecule has 1 aromatic rings. The molecule has 0 fully saturated rings. The van der Waals surface area contributed by atoms with Crippen LogP contribution in [0.2, 0.25) is 0 Å². The molecule has 0 aliphatic heterocycles. The van der Waals surface area contributed by atoms with Crippen molar-refractivity contribution in [3.63, 3.8) is 0 Å². The highest BCUT2D eigenvalue weighted by atomic mass is 16.5. The molecular formula is C14H18O3. The number of Topliss-reactive ketones (excluding diaryl/α,β-unsaturated/α-hetero) is 1. The highest BCUT2D eigenvalue weighted by Crippen LogP contribution is 2.21. The fourth-order valence-electron chi connectivity index (χ4n) is 1.94. The van der Waals surface area contributed by atoms with Crippen molar-refractivity contribution in [1.29, 1.82) is 0 Å². The second-order valence-electron chi connectivity index (χ2n) is 4.22. The van der Waals surface area contributed by atoms with Crippen LogP contribution in [0.1, 0.15) is 36.5 Å². The molecule has 0 aromatic heterocycles. The van der Waals surface area contributed by atoms with Gasteiger partial charge in [0.05, 0.1) is 6.61 Å². The Hall–Kier alpha value is -1.64. The number of esters is 1. The Morgan fingerprint density at radius 3 is 2.12 bits per heavy atom. The van der Waals surface area contributed by atoms with Gasteiger partial charge in [0.1, 0.15) is 11.7 Å². The second kappa shape index (κ2) is 5.62. The van der Waals surface area contributed by atoms with Gasteiger partial charge in [0, 0.05) is 0 Å². The number of aryl methyl sites for hydroxylation is 2. The first-order valence-electron chi connectivity index (χ1n) is 5.71. The van der Waals surface area contributed by atoms with Crippen molar-refractivity contribution in [2.45, 2.75) is 33.6 Å². The lowest BCUT2D eigenvalue weighted by Crippen LogP contribution is -2.22. The average molecular weight is 234 g/mol. The summed E-state index contributed by atoms with van der Waals surface area (Å²) < 4.78 is 4.94. The van der Waals surface area contributed by atoms with Gasteiger partial charge in [-0.25, -0.2) is 0 Å². The molecule has 0 heterocycles. The number of hydrogen-bond donors (Lipinski definition) is 0. The van der Waals surface area contributed by atoms with Crippen LogP contribution in [0.25, 0.3) is 0 Å². The molecule has 0 aliphatic carbocycles. The van der Waals surface area contributed by atoms with Crippen LogP contribution in [-0.2, 0) is 14.3 Å². The van der Waals surface area contributed by atoms with Crippen LogP contribution >= 0.6 is 0 Å². The van der Waals surface area contributed by atoms with Crippen LogP contribution in [-0.4, -0.2) is 18.4 Å². The Balaban J connectivity index is 3.14. The molecule has 0 aliphatic rings. The SMILES string of the molecule is CCOC(=O)C(C(C)=O)c1cc(C)cc(C)c1. The van der Waals surface area contributed by atoms with Crippen molar-refractivity contribution >= 4 is 11.8 Å².